The summed E-state index contributed by atoms with van der Waals surface area (Å²) in [7, 11) is 9.46. The first-order valence-electron chi connectivity index (χ1n) is 22.5. The molecule has 0 aliphatic heterocycles. The van der Waals surface area contributed by atoms with Gasteiger partial charge in [0.2, 0.25) is 5.75 Å². The predicted molar refractivity (Wildman–Crippen MR) is 244 cm³/mol. The lowest BCUT2D eigenvalue weighted by molar-refractivity contribution is -0.146. The van der Waals surface area contributed by atoms with Crippen LogP contribution in [-0.2, 0) is 58.8 Å². The normalized spacial score (nSPS) is 11.3. The highest BCUT2D eigenvalue weighted by Gasteiger charge is 2.20. The van der Waals surface area contributed by atoms with E-state index in [9.17, 15) is 14.4 Å². The molecular weight excluding hydrogens is 847 g/mol. The predicted octanol–water partition coefficient (Wildman–Crippen LogP) is 3.89. The second kappa shape index (κ2) is 37.0. The van der Waals surface area contributed by atoms with Gasteiger partial charge in [0.05, 0.1) is 85.9 Å². The lowest BCUT2D eigenvalue weighted by atomic mass is 10.1. The summed E-state index contributed by atoms with van der Waals surface area (Å²) in [6.07, 6.45) is 2.21. The molecule has 1 amide bonds. The van der Waals surface area contributed by atoms with Gasteiger partial charge in [-0.05, 0) is 85.7 Å². The molecule has 2 aromatic rings. The first-order valence-corrected chi connectivity index (χ1v) is 22.5. The SMILES string of the molecule is COCCOCCOCCOc1c(OCCOCCOCCOC(=O)CCCN(C)C)cc(C(=O)NCc2cc(C)cc(C)c2)cc1OCCOCCOCCOC(=O)CCCN(C)C. The van der Waals surface area contributed by atoms with Gasteiger partial charge in [-0.25, -0.2) is 0 Å². The molecule has 0 radical (unpaired) electrons. The minimum absolute atomic E-state index is 0.127. The van der Waals surface area contributed by atoms with Crippen LogP contribution in [0.15, 0.2) is 30.3 Å². The molecule has 0 aliphatic rings. The Labute approximate surface area is 386 Å². The number of nitrogens with one attached hydrogen (secondary N) is 1. The Morgan fingerprint density at radius 3 is 1.29 bits per heavy atom. The topological polar surface area (TPSA) is 180 Å². The second-order valence-corrected chi connectivity index (χ2v) is 15.4. The minimum atomic E-state index is -0.331. The van der Waals surface area contributed by atoms with E-state index in [0.717, 1.165) is 42.6 Å². The van der Waals surface area contributed by atoms with Gasteiger partial charge >= 0.3 is 11.9 Å². The number of carbonyl (C=O) groups is 3. The lowest BCUT2D eigenvalue weighted by Gasteiger charge is -2.19. The van der Waals surface area contributed by atoms with Crippen molar-refractivity contribution in [2.45, 2.75) is 46.1 Å². The Morgan fingerprint density at radius 1 is 0.492 bits per heavy atom. The zero-order valence-corrected chi connectivity index (χ0v) is 40.1. The van der Waals surface area contributed by atoms with Gasteiger partial charge in [0.1, 0.15) is 33.0 Å². The van der Waals surface area contributed by atoms with Crippen molar-refractivity contribution in [2.24, 2.45) is 0 Å². The third-order valence-corrected chi connectivity index (χ3v) is 8.96. The average Bonchev–Trinajstić information content (AvgIpc) is 3.26. The van der Waals surface area contributed by atoms with Gasteiger partial charge in [0.25, 0.3) is 5.91 Å². The van der Waals surface area contributed by atoms with E-state index in [-0.39, 0.29) is 101 Å². The van der Waals surface area contributed by atoms with Gasteiger partial charge in [0.15, 0.2) is 11.5 Å². The summed E-state index contributed by atoms with van der Waals surface area (Å²) in [5.41, 5.74) is 3.48. The molecule has 1 N–H and O–H groups in total. The van der Waals surface area contributed by atoms with Crippen LogP contribution in [-0.4, -0.2) is 195 Å². The molecule has 18 heteroatoms. The fraction of sp³-hybridized carbons (Fsp3) is 0.681. The Morgan fingerprint density at radius 2 is 0.877 bits per heavy atom. The van der Waals surface area contributed by atoms with Crippen molar-refractivity contribution >= 4 is 17.8 Å². The van der Waals surface area contributed by atoms with Crippen molar-refractivity contribution in [3.63, 3.8) is 0 Å². The van der Waals surface area contributed by atoms with Crippen LogP contribution in [0.4, 0.5) is 0 Å². The molecule has 370 valence electrons. The van der Waals surface area contributed by atoms with E-state index in [1.54, 1.807) is 19.2 Å². The average molecular weight is 924 g/mol. The van der Waals surface area contributed by atoms with Crippen molar-refractivity contribution in [1.29, 1.82) is 0 Å². The van der Waals surface area contributed by atoms with E-state index in [0.29, 0.717) is 77.8 Å². The molecule has 0 heterocycles. The monoisotopic (exact) mass is 924 g/mol. The van der Waals surface area contributed by atoms with E-state index < -0.39 is 0 Å². The maximum atomic E-state index is 13.7. The molecule has 0 unspecified atom stereocenters. The minimum Gasteiger partial charge on any atom is -0.487 e. The number of hydrogen-bond donors (Lipinski definition) is 1. The van der Waals surface area contributed by atoms with Crippen molar-refractivity contribution in [3.05, 3.63) is 52.6 Å². The van der Waals surface area contributed by atoms with E-state index in [2.05, 4.69) is 11.4 Å². The second-order valence-electron chi connectivity index (χ2n) is 15.4. The van der Waals surface area contributed by atoms with Gasteiger partial charge in [0, 0.05) is 32.1 Å². The standard InChI is InChI=1S/C47H77N3O15/c1-38-32-39(2)34-40(33-38)37-48-47(53)41-35-42(61-27-22-56-18-20-58-24-29-63-44(51)10-8-12-49(3)4)46(65-31-26-60-17-16-55-15-14-54-7)43(36-41)62-28-23-57-19-21-59-25-30-64-45(52)11-9-13-50(5)6/h32-36H,8-31,37H2,1-7H3,(H,48,53). The Kier molecular flexibility index (Phi) is 32.5. The van der Waals surface area contributed by atoms with Crippen LogP contribution in [0.25, 0.3) is 0 Å². The van der Waals surface area contributed by atoms with Crippen molar-refractivity contribution in [1.82, 2.24) is 15.1 Å². The highest BCUT2D eigenvalue weighted by atomic mass is 16.6. The van der Waals surface area contributed by atoms with E-state index in [4.69, 9.17) is 56.8 Å². The summed E-state index contributed by atoms with van der Waals surface area (Å²) in [5.74, 6) is 0.0317. The smallest absolute Gasteiger partial charge is 0.305 e. The number of hydrogen-bond acceptors (Lipinski definition) is 17. The third-order valence-electron chi connectivity index (χ3n) is 8.96. The maximum absolute atomic E-state index is 13.7. The number of methoxy groups -OCH3 is 1. The van der Waals surface area contributed by atoms with Gasteiger partial charge < -0.3 is 72.0 Å². The first kappa shape index (κ1) is 57.0. The molecule has 0 saturated heterocycles. The maximum Gasteiger partial charge on any atom is 0.305 e. The van der Waals surface area contributed by atoms with Crippen LogP contribution in [0.2, 0.25) is 0 Å². The summed E-state index contributed by atoms with van der Waals surface area (Å²) in [4.78, 5) is 41.4. The Hall–Kier alpha value is -4.11. The summed E-state index contributed by atoms with van der Waals surface area (Å²) in [6.45, 7) is 10.9. The van der Waals surface area contributed by atoms with Gasteiger partial charge in [-0.15, -0.1) is 0 Å². The van der Waals surface area contributed by atoms with Crippen LogP contribution < -0.4 is 19.5 Å². The van der Waals surface area contributed by atoms with E-state index in [1.165, 1.54) is 0 Å². The molecule has 65 heavy (non-hydrogen) atoms. The van der Waals surface area contributed by atoms with Crippen LogP contribution in [0.5, 0.6) is 17.2 Å². The highest BCUT2D eigenvalue weighted by Crippen LogP contribution is 2.39. The molecule has 2 aromatic carbocycles. The van der Waals surface area contributed by atoms with Gasteiger partial charge in [-0.3, -0.25) is 14.4 Å². The molecular formula is C47H77N3O15. The van der Waals surface area contributed by atoms with E-state index >= 15 is 0 Å². The van der Waals surface area contributed by atoms with Gasteiger partial charge in [-0.1, -0.05) is 29.3 Å². The first-order chi connectivity index (χ1) is 31.5. The number of aryl methyl sites for hydroxylation is 2. The number of ether oxygens (including phenoxy) is 12. The fourth-order valence-electron chi connectivity index (χ4n) is 5.90. The Bertz CT molecular complexity index is 1490. The summed E-state index contributed by atoms with van der Waals surface area (Å²) in [5, 5.41) is 3.01. The van der Waals surface area contributed by atoms with Crippen molar-refractivity contribution in [3.8, 4) is 17.2 Å². The van der Waals surface area contributed by atoms with Gasteiger partial charge in [-0.2, -0.15) is 0 Å². The molecule has 18 nitrogen and oxygen atoms in total. The highest BCUT2D eigenvalue weighted by molar-refractivity contribution is 5.95. The number of amides is 1. The molecule has 0 saturated carbocycles. The third kappa shape index (κ3) is 29.9. The summed E-state index contributed by atoms with van der Waals surface area (Å²) >= 11 is 0. The molecule has 2 rings (SSSR count). The zero-order valence-electron chi connectivity index (χ0n) is 40.1. The number of rotatable bonds is 41. The molecule has 0 bridgehead atoms. The molecule has 0 aliphatic carbocycles. The van der Waals surface area contributed by atoms with Crippen LogP contribution in [0, 0.1) is 13.8 Å². The molecule has 0 aromatic heterocycles. The van der Waals surface area contributed by atoms with Crippen molar-refractivity contribution < 1.29 is 71.2 Å². The Balaban J connectivity index is 2.02. The van der Waals surface area contributed by atoms with Crippen LogP contribution in [0.3, 0.4) is 0 Å². The zero-order chi connectivity index (χ0) is 47.3. The van der Waals surface area contributed by atoms with E-state index in [1.807, 2.05) is 64.0 Å². The van der Waals surface area contributed by atoms with Crippen LogP contribution >= 0.6 is 0 Å². The largest absolute Gasteiger partial charge is 0.487 e. The number of benzene rings is 2. The quantitative estimate of drug-likeness (QED) is 0.0749. The van der Waals surface area contributed by atoms with Crippen molar-refractivity contribution in [2.75, 3.05) is 167 Å². The summed E-state index contributed by atoms with van der Waals surface area (Å²) < 4.78 is 67.8. The number of nitrogens with zero attached hydrogens (tertiary/aromatic N) is 2. The fourth-order valence-corrected chi connectivity index (χ4v) is 5.90. The number of carbonyl (C=O) groups excluding carboxylic acids is 3. The lowest BCUT2D eigenvalue weighted by Crippen LogP contribution is -2.23. The number of esters is 2. The van der Waals surface area contributed by atoms with Crippen LogP contribution in [0.1, 0.15) is 52.7 Å². The molecule has 0 atom stereocenters. The molecule has 0 fully saturated rings. The molecule has 0 spiro atoms. The summed E-state index contributed by atoms with van der Waals surface area (Å²) in [6, 6.07) is 9.37.